The van der Waals surface area contributed by atoms with Gasteiger partial charge in [0.2, 0.25) is 5.89 Å². The van der Waals surface area contributed by atoms with Gasteiger partial charge in [0.05, 0.1) is 6.04 Å². The van der Waals surface area contributed by atoms with E-state index in [1.165, 1.54) is 12.8 Å². The Morgan fingerprint density at radius 2 is 1.89 bits per heavy atom. The topological polar surface area (TPSA) is 63.0 Å². The molecule has 19 heavy (non-hydrogen) atoms. The van der Waals surface area contributed by atoms with Crippen molar-refractivity contribution < 1.29 is 4.42 Å². The molecule has 0 aromatic carbocycles. The van der Waals surface area contributed by atoms with E-state index in [1.807, 2.05) is 6.92 Å². The van der Waals surface area contributed by atoms with Crippen molar-refractivity contribution in [3.05, 3.63) is 5.89 Å². The summed E-state index contributed by atoms with van der Waals surface area (Å²) in [5, 5.41) is 14.8. The van der Waals surface area contributed by atoms with Crippen LogP contribution < -0.4 is 10.6 Å². The van der Waals surface area contributed by atoms with Crippen LogP contribution in [0.4, 0.5) is 6.01 Å². The van der Waals surface area contributed by atoms with Gasteiger partial charge in [-0.3, -0.25) is 0 Å². The molecule has 5 heteroatoms. The zero-order valence-corrected chi connectivity index (χ0v) is 12.7. The fourth-order valence-corrected chi connectivity index (χ4v) is 2.12. The molecule has 1 heterocycles. The van der Waals surface area contributed by atoms with Crippen LogP contribution >= 0.6 is 0 Å². The van der Waals surface area contributed by atoms with Gasteiger partial charge in [0.25, 0.3) is 0 Å². The highest BCUT2D eigenvalue weighted by molar-refractivity contribution is 5.19. The van der Waals surface area contributed by atoms with Crippen molar-refractivity contribution in [2.75, 3.05) is 11.9 Å². The lowest BCUT2D eigenvalue weighted by Crippen LogP contribution is -2.19. The number of hydrogen-bond acceptors (Lipinski definition) is 5. The Balaban J connectivity index is 2.54. The van der Waals surface area contributed by atoms with Gasteiger partial charge in [0, 0.05) is 6.04 Å². The smallest absolute Gasteiger partial charge is 0.315 e. The van der Waals surface area contributed by atoms with Crippen molar-refractivity contribution in [2.45, 2.75) is 71.9 Å². The molecule has 2 unspecified atom stereocenters. The fourth-order valence-electron chi connectivity index (χ4n) is 2.12. The quantitative estimate of drug-likeness (QED) is 0.680. The molecule has 0 fully saturated rings. The normalized spacial score (nSPS) is 14.3. The molecule has 0 aliphatic carbocycles. The second-order valence-electron chi connectivity index (χ2n) is 5.00. The van der Waals surface area contributed by atoms with Crippen molar-refractivity contribution in [1.29, 1.82) is 0 Å². The van der Waals surface area contributed by atoms with Crippen molar-refractivity contribution in [3.8, 4) is 0 Å². The summed E-state index contributed by atoms with van der Waals surface area (Å²) in [6, 6.07) is 1.09. The fraction of sp³-hybridized carbons (Fsp3) is 0.857. The van der Waals surface area contributed by atoms with Gasteiger partial charge >= 0.3 is 6.01 Å². The molecule has 2 atom stereocenters. The van der Waals surface area contributed by atoms with Gasteiger partial charge in [-0.2, -0.15) is 0 Å². The molecule has 0 bridgehead atoms. The van der Waals surface area contributed by atoms with E-state index < -0.39 is 0 Å². The Labute approximate surface area is 116 Å². The Kier molecular flexibility index (Phi) is 7.48. The maximum absolute atomic E-state index is 5.66. The first kappa shape index (κ1) is 16.0. The summed E-state index contributed by atoms with van der Waals surface area (Å²) in [6.07, 6.45) is 5.91. The standard InChI is InChI=1S/C14H28N4O/c1-5-8-10-12(9-6-2)16-14-18-17-13(19-14)11(4)15-7-3/h11-12,15H,5-10H2,1-4H3,(H,16,18). The Bertz CT molecular complexity index is 340. The highest BCUT2D eigenvalue weighted by atomic mass is 16.4. The lowest BCUT2D eigenvalue weighted by atomic mass is 10.1. The van der Waals surface area contributed by atoms with E-state index in [0.717, 1.165) is 25.8 Å². The van der Waals surface area contributed by atoms with E-state index in [0.29, 0.717) is 17.9 Å². The Hall–Kier alpha value is -1.10. The van der Waals surface area contributed by atoms with Gasteiger partial charge in [0.15, 0.2) is 0 Å². The predicted octanol–water partition coefficient (Wildman–Crippen LogP) is 3.51. The first-order chi connectivity index (χ1) is 9.21. The molecule has 0 aliphatic rings. The van der Waals surface area contributed by atoms with Gasteiger partial charge in [-0.25, -0.2) is 0 Å². The highest BCUT2D eigenvalue weighted by Gasteiger charge is 2.15. The molecule has 1 rings (SSSR count). The first-order valence-electron chi connectivity index (χ1n) is 7.54. The monoisotopic (exact) mass is 268 g/mol. The average molecular weight is 268 g/mol. The molecule has 5 nitrogen and oxygen atoms in total. The van der Waals surface area contributed by atoms with Crippen molar-refractivity contribution in [2.24, 2.45) is 0 Å². The summed E-state index contributed by atoms with van der Waals surface area (Å²) in [7, 11) is 0. The largest absolute Gasteiger partial charge is 0.406 e. The number of nitrogens with zero attached hydrogens (tertiary/aromatic N) is 2. The lowest BCUT2D eigenvalue weighted by Gasteiger charge is -2.15. The predicted molar refractivity (Wildman–Crippen MR) is 78.2 cm³/mol. The number of nitrogens with one attached hydrogen (secondary N) is 2. The van der Waals surface area contributed by atoms with E-state index in [4.69, 9.17) is 4.42 Å². The molecule has 0 amide bonds. The van der Waals surface area contributed by atoms with Crippen LogP contribution in [0.5, 0.6) is 0 Å². The van der Waals surface area contributed by atoms with E-state index in [2.05, 4.69) is 41.6 Å². The third-order valence-corrected chi connectivity index (χ3v) is 3.19. The van der Waals surface area contributed by atoms with E-state index >= 15 is 0 Å². The zero-order valence-electron chi connectivity index (χ0n) is 12.7. The van der Waals surface area contributed by atoms with Crippen molar-refractivity contribution >= 4 is 6.01 Å². The third kappa shape index (κ3) is 5.59. The second-order valence-corrected chi connectivity index (χ2v) is 5.00. The van der Waals surface area contributed by atoms with Crippen LogP contribution in [-0.4, -0.2) is 22.8 Å². The minimum Gasteiger partial charge on any atom is -0.406 e. The van der Waals surface area contributed by atoms with Gasteiger partial charge in [0.1, 0.15) is 0 Å². The number of rotatable bonds is 10. The summed E-state index contributed by atoms with van der Waals surface area (Å²) in [4.78, 5) is 0. The minimum absolute atomic E-state index is 0.105. The van der Waals surface area contributed by atoms with Crippen LogP contribution in [0.1, 0.15) is 71.7 Å². The van der Waals surface area contributed by atoms with Crippen molar-refractivity contribution in [3.63, 3.8) is 0 Å². The number of aromatic nitrogens is 2. The molecule has 0 saturated carbocycles. The molecular weight excluding hydrogens is 240 g/mol. The van der Waals surface area contributed by atoms with Crippen molar-refractivity contribution in [1.82, 2.24) is 15.5 Å². The van der Waals surface area contributed by atoms with Crippen LogP contribution in [0, 0.1) is 0 Å². The van der Waals surface area contributed by atoms with Gasteiger partial charge in [-0.15, -0.1) is 5.10 Å². The highest BCUT2D eigenvalue weighted by Crippen LogP contribution is 2.17. The number of unbranched alkanes of at least 4 members (excludes halogenated alkanes) is 1. The molecule has 1 aromatic rings. The minimum atomic E-state index is 0.105. The van der Waals surface area contributed by atoms with Crippen LogP contribution in [0.2, 0.25) is 0 Å². The third-order valence-electron chi connectivity index (χ3n) is 3.19. The SMILES string of the molecule is CCCCC(CCC)Nc1nnc(C(C)NCC)o1. The number of hydrogen-bond donors (Lipinski definition) is 2. The number of anilines is 1. The van der Waals surface area contributed by atoms with Gasteiger partial charge in [-0.05, 0) is 26.3 Å². The van der Waals surface area contributed by atoms with E-state index in [1.54, 1.807) is 0 Å². The molecule has 0 spiro atoms. The molecule has 1 aromatic heterocycles. The summed E-state index contributed by atoms with van der Waals surface area (Å²) in [5.41, 5.74) is 0. The van der Waals surface area contributed by atoms with Crippen LogP contribution in [0.3, 0.4) is 0 Å². The van der Waals surface area contributed by atoms with Crippen LogP contribution in [-0.2, 0) is 0 Å². The summed E-state index contributed by atoms with van der Waals surface area (Å²) >= 11 is 0. The second kappa shape index (κ2) is 8.91. The van der Waals surface area contributed by atoms with Crippen LogP contribution in [0.15, 0.2) is 4.42 Å². The molecular formula is C14H28N4O. The lowest BCUT2D eigenvalue weighted by molar-refractivity contribution is 0.423. The first-order valence-corrected chi connectivity index (χ1v) is 7.54. The maximum Gasteiger partial charge on any atom is 0.315 e. The van der Waals surface area contributed by atoms with Gasteiger partial charge < -0.3 is 15.1 Å². The van der Waals surface area contributed by atoms with Crippen LogP contribution in [0.25, 0.3) is 0 Å². The molecule has 110 valence electrons. The van der Waals surface area contributed by atoms with E-state index in [9.17, 15) is 0 Å². The zero-order chi connectivity index (χ0) is 14.1. The summed E-state index contributed by atoms with van der Waals surface area (Å²) < 4.78 is 5.66. The average Bonchev–Trinajstić information content (AvgIpc) is 2.85. The summed E-state index contributed by atoms with van der Waals surface area (Å²) in [6.45, 7) is 9.40. The molecule has 0 aliphatic heterocycles. The van der Waals surface area contributed by atoms with Gasteiger partial charge in [-0.1, -0.05) is 45.1 Å². The summed E-state index contributed by atoms with van der Waals surface area (Å²) in [5.74, 6) is 0.648. The Morgan fingerprint density at radius 3 is 2.53 bits per heavy atom. The molecule has 0 saturated heterocycles. The Morgan fingerprint density at radius 1 is 1.11 bits per heavy atom. The maximum atomic E-state index is 5.66. The molecule has 2 N–H and O–H groups in total. The molecule has 0 radical (unpaired) electrons. The van der Waals surface area contributed by atoms with E-state index in [-0.39, 0.29) is 6.04 Å².